The summed E-state index contributed by atoms with van der Waals surface area (Å²) < 4.78 is 21.6. The monoisotopic (exact) mass is 515 g/mol. The molecule has 0 radical (unpaired) electrons. The van der Waals surface area contributed by atoms with Gasteiger partial charge < -0.3 is 30.0 Å². The van der Waals surface area contributed by atoms with Crippen LogP contribution >= 0.6 is 24.0 Å². The van der Waals surface area contributed by atoms with E-state index in [4.69, 9.17) is 24.7 Å². The lowest BCUT2D eigenvalue weighted by molar-refractivity contribution is 0.0403. The lowest BCUT2D eigenvalue weighted by Gasteiger charge is -2.11. The first kappa shape index (κ1) is 25.0. The Balaban J connectivity index is 0.00000420. The van der Waals surface area contributed by atoms with E-state index in [9.17, 15) is 0 Å². The fraction of sp³-hybridized carbons (Fsp3) is 0.381. The molecule has 0 aliphatic carbocycles. The molecule has 0 unspecified atom stereocenters. The number of rotatable bonds is 12. The molecule has 2 aromatic rings. The van der Waals surface area contributed by atoms with E-state index in [0.717, 1.165) is 17.7 Å². The van der Waals surface area contributed by atoms with Crippen LogP contribution in [0.4, 0.5) is 5.69 Å². The predicted molar refractivity (Wildman–Crippen MR) is 127 cm³/mol. The molecule has 0 saturated carbocycles. The Morgan fingerprint density at radius 3 is 2.38 bits per heavy atom. The van der Waals surface area contributed by atoms with Crippen molar-refractivity contribution in [3.63, 3.8) is 0 Å². The van der Waals surface area contributed by atoms with E-state index in [1.807, 2.05) is 42.5 Å². The number of methoxy groups -OCH3 is 2. The van der Waals surface area contributed by atoms with Gasteiger partial charge in [-0.1, -0.05) is 30.3 Å². The molecule has 0 spiro atoms. The second-order valence-corrected chi connectivity index (χ2v) is 5.97. The van der Waals surface area contributed by atoms with E-state index in [2.05, 4.69) is 10.3 Å². The van der Waals surface area contributed by atoms with E-state index in [1.165, 1.54) is 0 Å². The highest BCUT2D eigenvalue weighted by Gasteiger charge is 2.04. The molecule has 7 nitrogen and oxygen atoms in total. The number of aliphatic imine (C=N–C) groups is 1. The van der Waals surface area contributed by atoms with E-state index in [0.29, 0.717) is 50.4 Å². The van der Waals surface area contributed by atoms with Gasteiger partial charge in [-0.15, -0.1) is 24.0 Å². The van der Waals surface area contributed by atoms with Gasteiger partial charge in [0.2, 0.25) is 0 Å². The molecule has 0 aliphatic rings. The van der Waals surface area contributed by atoms with Crippen LogP contribution in [0.2, 0.25) is 0 Å². The van der Waals surface area contributed by atoms with Crippen molar-refractivity contribution in [2.24, 2.45) is 10.7 Å². The second kappa shape index (κ2) is 14.9. The second-order valence-electron chi connectivity index (χ2n) is 5.97. The Labute approximate surface area is 189 Å². The minimum Gasteiger partial charge on any atom is -0.493 e. The van der Waals surface area contributed by atoms with Gasteiger partial charge in [0.05, 0.1) is 34.0 Å². The zero-order valence-electron chi connectivity index (χ0n) is 16.9. The molecule has 0 aliphatic heterocycles. The summed E-state index contributed by atoms with van der Waals surface area (Å²) in [6.07, 6.45) is 0.785. The highest BCUT2D eigenvalue weighted by Crippen LogP contribution is 2.29. The standard InChI is InChI=1S/C21H29N3O4.HI/c1-25-19-10-9-18(15-20(19)26-2)24-21(22)23-11-6-12-27-13-14-28-16-17-7-4-3-5-8-17;/h3-5,7-10,15H,6,11-14,16H2,1-2H3,(H3,22,23,24);1H. The lowest BCUT2D eigenvalue weighted by Crippen LogP contribution is -2.23. The van der Waals surface area contributed by atoms with Crippen LogP contribution in [0.25, 0.3) is 0 Å². The Kier molecular flexibility index (Phi) is 12.8. The van der Waals surface area contributed by atoms with Crippen molar-refractivity contribution in [1.29, 1.82) is 0 Å². The fourth-order valence-corrected chi connectivity index (χ4v) is 2.45. The van der Waals surface area contributed by atoms with Gasteiger partial charge in [0.25, 0.3) is 0 Å². The third-order valence-electron chi connectivity index (χ3n) is 3.87. The largest absolute Gasteiger partial charge is 0.493 e. The molecular weight excluding hydrogens is 485 g/mol. The first-order valence-corrected chi connectivity index (χ1v) is 9.21. The number of guanidine groups is 1. The molecule has 0 bridgehead atoms. The number of hydrogen-bond donors (Lipinski definition) is 2. The zero-order valence-corrected chi connectivity index (χ0v) is 19.3. The molecule has 0 heterocycles. The smallest absolute Gasteiger partial charge is 0.193 e. The van der Waals surface area contributed by atoms with E-state index in [-0.39, 0.29) is 24.0 Å². The summed E-state index contributed by atoms with van der Waals surface area (Å²) in [7, 11) is 3.18. The molecule has 0 amide bonds. The maximum Gasteiger partial charge on any atom is 0.193 e. The van der Waals surface area contributed by atoms with Gasteiger partial charge in [-0.2, -0.15) is 0 Å². The van der Waals surface area contributed by atoms with E-state index in [1.54, 1.807) is 20.3 Å². The highest BCUT2D eigenvalue weighted by molar-refractivity contribution is 14.0. The average molecular weight is 515 g/mol. The highest BCUT2D eigenvalue weighted by atomic mass is 127. The number of hydrogen-bond acceptors (Lipinski definition) is 5. The third kappa shape index (κ3) is 9.82. The summed E-state index contributed by atoms with van der Waals surface area (Å²) >= 11 is 0. The van der Waals surface area contributed by atoms with Gasteiger partial charge in [-0.05, 0) is 24.1 Å². The first-order valence-electron chi connectivity index (χ1n) is 9.21. The minimum atomic E-state index is 0. The fourth-order valence-electron chi connectivity index (χ4n) is 2.45. The van der Waals surface area contributed by atoms with Gasteiger partial charge in [-0.3, -0.25) is 4.99 Å². The van der Waals surface area contributed by atoms with Gasteiger partial charge >= 0.3 is 0 Å². The van der Waals surface area contributed by atoms with Crippen molar-refractivity contribution in [2.45, 2.75) is 13.0 Å². The average Bonchev–Trinajstić information content (AvgIpc) is 2.73. The molecule has 0 aromatic heterocycles. The van der Waals surface area contributed by atoms with E-state index < -0.39 is 0 Å². The van der Waals surface area contributed by atoms with Gasteiger partial charge in [0.1, 0.15) is 0 Å². The molecule has 0 atom stereocenters. The zero-order chi connectivity index (χ0) is 20.0. The predicted octanol–water partition coefficient (Wildman–Crippen LogP) is 3.67. The number of benzene rings is 2. The summed E-state index contributed by atoms with van der Waals surface area (Å²) in [6.45, 7) is 2.93. The summed E-state index contributed by atoms with van der Waals surface area (Å²) in [5.74, 6) is 1.63. The van der Waals surface area contributed by atoms with Crippen LogP contribution in [-0.4, -0.2) is 46.5 Å². The van der Waals surface area contributed by atoms with Gasteiger partial charge in [-0.25, -0.2) is 0 Å². The van der Waals surface area contributed by atoms with Crippen molar-refractivity contribution in [3.05, 3.63) is 54.1 Å². The normalized spacial score (nSPS) is 10.9. The van der Waals surface area contributed by atoms with Crippen LogP contribution in [0.15, 0.2) is 53.5 Å². The Hall–Kier alpha value is -2.04. The summed E-state index contributed by atoms with van der Waals surface area (Å²) in [4.78, 5) is 4.29. The van der Waals surface area contributed by atoms with E-state index >= 15 is 0 Å². The van der Waals surface area contributed by atoms with Crippen LogP contribution in [0, 0.1) is 0 Å². The number of anilines is 1. The molecule has 8 heteroatoms. The summed E-state index contributed by atoms with van der Waals surface area (Å²) in [6, 6.07) is 15.5. The van der Waals surface area contributed by atoms with Crippen LogP contribution < -0.4 is 20.5 Å². The lowest BCUT2D eigenvalue weighted by atomic mass is 10.2. The number of ether oxygens (including phenoxy) is 4. The quantitative estimate of drug-likeness (QED) is 0.194. The SMILES string of the molecule is COc1ccc(NC(N)=NCCCOCCOCc2ccccc2)cc1OC.I. The molecule has 2 aromatic carbocycles. The maximum absolute atomic E-state index is 5.91. The van der Waals surface area contributed by atoms with Crippen LogP contribution in [0.5, 0.6) is 11.5 Å². The van der Waals surface area contributed by atoms with Crippen molar-refractivity contribution < 1.29 is 18.9 Å². The molecule has 0 fully saturated rings. The van der Waals surface area contributed by atoms with Crippen molar-refractivity contribution in [1.82, 2.24) is 0 Å². The van der Waals surface area contributed by atoms with Crippen molar-refractivity contribution in [2.75, 3.05) is 45.9 Å². The molecular formula is C21H30IN3O4. The Morgan fingerprint density at radius 2 is 1.66 bits per heavy atom. The molecule has 160 valence electrons. The number of nitrogens with zero attached hydrogens (tertiary/aromatic N) is 1. The molecule has 0 saturated heterocycles. The van der Waals surface area contributed by atoms with Gasteiger partial charge in [0, 0.05) is 24.9 Å². The maximum atomic E-state index is 5.91. The van der Waals surface area contributed by atoms with Gasteiger partial charge in [0.15, 0.2) is 17.5 Å². The number of halogens is 1. The minimum absolute atomic E-state index is 0. The van der Waals surface area contributed by atoms with Crippen molar-refractivity contribution >= 4 is 35.6 Å². The Bertz CT molecular complexity index is 729. The summed E-state index contributed by atoms with van der Waals surface area (Å²) in [5, 5.41) is 3.03. The van der Waals surface area contributed by atoms with Crippen LogP contribution in [-0.2, 0) is 16.1 Å². The molecule has 3 N–H and O–H groups in total. The Morgan fingerprint density at radius 1 is 0.931 bits per heavy atom. The molecule has 29 heavy (non-hydrogen) atoms. The van der Waals surface area contributed by atoms with Crippen LogP contribution in [0.3, 0.4) is 0 Å². The first-order chi connectivity index (χ1) is 13.7. The number of nitrogens with two attached hydrogens (primary N) is 1. The van der Waals surface area contributed by atoms with Crippen LogP contribution in [0.1, 0.15) is 12.0 Å². The number of nitrogens with one attached hydrogen (secondary N) is 1. The third-order valence-corrected chi connectivity index (χ3v) is 3.87. The summed E-state index contributed by atoms with van der Waals surface area (Å²) in [5.41, 5.74) is 7.85. The molecule has 2 rings (SSSR count). The van der Waals surface area contributed by atoms with Crippen molar-refractivity contribution in [3.8, 4) is 11.5 Å². The topological polar surface area (TPSA) is 87.3 Å².